The molecule has 1 fully saturated rings. The lowest BCUT2D eigenvalue weighted by Crippen LogP contribution is -2.49. The van der Waals surface area contributed by atoms with E-state index in [1.807, 2.05) is 37.3 Å². The fraction of sp³-hybridized carbons (Fsp3) is 0.300. The van der Waals surface area contributed by atoms with E-state index < -0.39 is 0 Å². The van der Waals surface area contributed by atoms with Gasteiger partial charge >= 0.3 is 0 Å². The number of β-lactam (4-membered cyclic amide) rings is 1. The average Bonchev–Trinajstić information content (AvgIpc) is 2.15. The summed E-state index contributed by atoms with van der Waals surface area (Å²) >= 11 is 0. The molecular formula is C10H11NO. The smallest absolute Gasteiger partial charge is 0.225 e. The van der Waals surface area contributed by atoms with E-state index in [9.17, 15) is 4.79 Å². The molecule has 0 aliphatic carbocycles. The quantitative estimate of drug-likeness (QED) is 0.621. The molecule has 2 nitrogen and oxygen atoms in total. The van der Waals surface area contributed by atoms with E-state index in [0.717, 1.165) is 0 Å². The summed E-state index contributed by atoms with van der Waals surface area (Å²) in [6.07, 6.45) is 0. The minimum absolute atomic E-state index is 0.132. The van der Waals surface area contributed by atoms with E-state index in [2.05, 4.69) is 5.32 Å². The predicted molar refractivity (Wildman–Crippen MR) is 46.5 cm³/mol. The Morgan fingerprint density at radius 2 is 1.92 bits per heavy atom. The van der Waals surface area contributed by atoms with Crippen LogP contribution < -0.4 is 5.32 Å². The van der Waals surface area contributed by atoms with Gasteiger partial charge in [0.25, 0.3) is 0 Å². The van der Waals surface area contributed by atoms with Gasteiger partial charge in [-0.1, -0.05) is 37.3 Å². The molecular weight excluding hydrogens is 150 g/mol. The number of hydrogen-bond donors (Lipinski definition) is 1. The second-order valence-electron chi connectivity index (χ2n) is 3.19. The Kier molecular flexibility index (Phi) is 1.61. The second-order valence-corrected chi connectivity index (χ2v) is 3.19. The lowest BCUT2D eigenvalue weighted by molar-refractivity contribution is -0.134. The van der Waals surface area contributed by atoms with Crippen molar-refractivity contribution in [2.24, 2.45) is 5.92 Å². The molecule has 12 heavy (non-hydrogen) atoms. The van der Waals surface area contributed by atoms with Crippen molar-refractivity contribution in [3.63, 3.8) is 0 Å². The van der Waals surface area contributed by atoms with E-state index in [0.29, 0.717) is 0 Å². The van der Waals surface area contributed by atoms with Gasteiger partial charge in [-0.05, 0) is 5.56 Å². The van der Waals surface area contributed by atoms with Crippen LogP contribution in [-0.2, 0) is 4.79 Å². The van der Waals surface area contributed by atoms with Crippen LogP contribution in [0.4, 0.5) is 0 Å². The molecule has 0 saturated carbocycles. The van der Waals surface area contributed by atoms with Gasteiger partial charge in [0.2, 0.25) is 5.91 Å². The van der Waals surface area contributed by atoms with Gasteiger partial charge in [0.1, 0.15) is 0 Å². The molecule has 1 aromatic rings. The summed E-state index contributed by atoms with van der Waals surface area (Å²) in [5.74, 6) is 0.288. The van der Waals surface area contributed by atoms with Crippen LogP contribution in [0, 0.1) is 5.92 Å². The summed E-state index contributed by atoms with van der Waals surface area (Å²) < 4.78 is 0. The molecule has 1 aromatic carbocycles. The lowest BCUT2D eigenvalue weighted by atomic mass is 9.87. The average molecular weight is 161 g/mol. The van der Waals surface area contributed by atoms with Gasteiger partial charge in [-0.25, -0.2) is 0 Å². The van der Waals surface area contributed by atoms with E-state index in [4.69, 9.17) is 0 Å². The van der Waals surface area contributed by atoms with E-state index in [1.54, 1.807) is 0 Å². The van der Waals surface area contributed by atoms with Gasteiger partial charge in [-0.15, -0.1) is 0 Å². The van der Waals surface area contributed by atoms with Crippen LogP contribution in [0.25, 0.3) is 0 Å². The van der Waals surface area contributed by atoms with Crippen LogP contribution in [-0.4, -0.2) is 5.91 Å². The minimum Gasteiger partial charge on any atom is -0.348 e. The summed E-state index contributed by atoms with van der Waals surface area (Å²) in [5.41, 5.74) is 1.20. The number of carbonyl (C=O) groups excluding carboxylic acids is 1. The highest BCUT2D eigenvalue weighted by Gasteiger charge is 2.35. The number of benzene rings is 1. The zero-order valence-corrected chi connectivity index (χ0v) is 6.95. The van der Waals surface area contributed by atoms with Crippen LogP contribution in [0.3, 0.4) is 0 Å². The van der Waals surface area contributed by atoms with Crippen molar-refractivity contribution >= 4 is 5.91 Å². The summed E-state index contributed by atoms with van der Waals surface area (Å²) in [7, 11) is 0. The van der Waals surface area contributed by atoms with Crippen molar-refractivity contribution in [1.29, 1.82) is 0 Å². The molecule has 1 heterocycles. The minimum atomic E-state index is 0.132. The van der Waals surface area contributed by atoms with Crippen molar-refractivity contribution in [2.45, 2.75) is 13.0 Å². The van der Waals surface area contributed by atoms with Crippen LogP contribution in [0.2, 0.25) is 0 Å². The molecule has 0 spiro atoms. The Morgan fingerprint density at radius 1 is 1.25 bits per heavy atom. The normalized spacial score (nSPS) is 27.6. The molecule has 1 amide bonds. The molecule has 1 aliphatic heterocycles. The number of rotatable bonds is 1. The first-order valence-corrected chi connectivity index (χ1v) is 4.14. The molecule has 0 aromatic heterocycles. The predicted octanol–water partition coefficient (Wildman–Crippen LogP) is 1.49. The van der Waals surface area contributed by atoms with Gasteiger partial charge in [-0.3, -0.25) is 4.79 Å². The molecule has 0 radical (unpaired) electrons. The van der Waals surface area contributed by atoms with Crippen molar-refractivity contribution in [3.8, 4) is 0 Å². The lowest BCUT2D eigenvalue weighted by Gasteiger charge is -2.34. The van der Waals surface area contributed by atoms with Crippen LogP contribution in [0.15, 0.2) is 30.3 Å². The highest BCUT2D eigenvalue weighted by atomic mass is 16.2. The molecule has 62 valence electrons. The topological polar surface area (TPSA) is 29.1 Å². The highest BCUT2D eigenvalue weighted by Crippen LogP contribution is 2.29. The molecule has 1 N–H and O–H groups in total. The molecule has 2 atom stereocenters. The van der Waals surface area contributed by atoms with E-state index in [1.165, 1.54) is 5.56 Å². The standard InChI is InChI=1S/C10H11NO/c1-7-9(11-10(7)12)8-5-3-2-4-6-8/h2-7,9H,1H3,(H,11,12). The van der Waals surface area contributed by atoms with Crippen molar-refractivity contribution < 1.29 is 4.79 Å². The Morgan fingerprint density at radius 3 is 2.42 bits per heavy atom. The fourth-order valence-electron chi connectivity index (χ4n) is 1.50. The molecule has 2 rings (SSSR count). The Balaban J connectivity index is 2.18. The molecule has 2 heteroatoms. The first-order chi connectivity index (χ1) is 5.79. The molecule has 1 aliphatic rings. The van der Waals surface area contributed by atoms with Gasteiger partial charge in [0, 0.05) is 0 Å². The Labute approximate surface area is 71.6 Å². The van der Waals surface area contributed by atoms with Gasteiger partial charge < -0.3 is 5.32 Å². The van der Waals surface area contributed by atoms with Crippen LogP contribution in [0.1, 0.15) is 18.5 Å². The first-order valence-electron chi connectivity index (χ1n) is 4.14. The third-order valence-electron chi connectivity index (χ3n) is 2.37. The molecule has 2 unspecified atom stereocenters. The number of carbonyl (C=O) groups is 1. The zero-order valence-electron chi connectivity index (χ0n) is 6.95. The second kappa shape index (κ2) is 2.63. The maximum absolute atomic E-state index is 10.9. The zero-order chi connectivity index (χ0) is 8.55. The van der Waals surface area contributed by atoms with Crippen LogP contribution in [0.5, 0.6) is 0 Å². The van der Waals surface area contributed by atoms with Gasteiger partial charge in [0.15, 0.2) is 0 Å². The SMILES string of the molecule is CC1C(=O)NC1c1ccccc1. The van der Waals surface area contributed by atoms with Crippen molar-refractivity contribution in [1.82, 2.24) is 5.32 Å². The highest BCUT2D eigenvalue weighted by molar-refractivity contribution is 5.85. The Hall–Kier alpha value is -1.31. The number of nitrogens with one attached hydrogen (secondary N) is 1. The Bertz CT molecular complexity index is 294. The monoisotopic (exact) mass is 161 g/mol. The third-order valence-corrected chi connectivity index (χ3v) is 2.37. The van der Waals surface area contributed by atoms with E-state index >= 15 is 0 Å². The summed E-state index contributed by atoms with van der Waals surface area (Å²) in [5, 5.41) is 2.87. The fourth-order valence-corrected chi connectivity index (χ4v) is 1.50. The van der Waals surface area contributed by atoms with Crippen molar-refractivity contribution in [2.75, 3.05) is 0 Å². The van der Waals surface area contributed by atoms with Gasteiger partial charge in [0.05, 0.1) is 12.0 Å². The summed E-state index contributed by atoms with van der Waals surface area (Å²) in [6, 6.07) is 10.3. The molecule has 0 bridgehead atoms. The summed E-state index contributed by atoms with van der Waals surface area (Å²) in [6.45, 7) is 1.95. The maximum Gasteiger partial charge on any atom is 0.225 e. The first kappa shape index (κ1) is 7.35. The number of hydrogen-bond acceptors (Lipinski definition) is 1. The largest absolute Gasteiger partial charge is 0.348 e. The molecule has 1 saturated heterocycles. The van der Waals surface area contributed by atoms with Crippen molar-refractivity contribution in [3.05, 3.63) is 35.9 Å². The van der Waals surface area contributed by atoms with Gasteiger partial charge in [-0.2, -0.15) is 0 Å². The summed E-state index contributed by atoms with van der Waals surface area (Å²) in [4.78, 5) is 10.9. The van der Waals surface area contributed by atoms with E-state index in [-0.39, 0.29) is 17.9 Å². The maximum atomic E-state index is 10.9. The third kappa shape index (κ3) is 0.998. The van der Waals surface area contributed by atoms with Crippen LogP contribution >= 0.6 is 0 Å². The number of amides is 1.